The molecule has 0 N–H and O–H groups in total. The zero-order valence-corrected chi connectivity index (χ0v) is 7.60. The predicted molar refractivity (Wildman–Crippen MR) is 44.6 cm³/mol. The molecule has 0 aliphatic rings. The highest BCUT2D eigenvalue weighted by atomic mass is 35.5. The molecule has 62 valence electrons. The van der Waals surface area contributed by atoms with Gasteiger partial charge in [0.15, 0.2) is 5.15 Å². The van der Waals surface area contributed by atoms with Crippen LogP contribution in [0.2, 0.25) is 5.15 Å². The first-order chi connectivity index (χ1) is 5.25. The lowest BCUT2D eigenvalue weighted by Crippen LogP contribution is -1.98. The summed E-state index contributed by atoms with van der Waals surface area (Å²) in [6.45, 7) is 2.15. The van der Waals surface area contributed by atoms with Crippen LogP contribution in [0, 0.1) is 0 Å². The second kappa shape index (κ2) is 3.72. The molecule has 11 heavy (non-hydrogen) atoms. The second-order valence-corrected chi connectivity index (χ2v) is 2.91. The van der Waals surface area contributed by atoms with E-state index in [2.05, 4.69) is 17.2 Å². The molecular weight excluding hydrogens is 162 g/mol. The molecule has 1 aromatic heterocycles. The van der Waals surface area contributed by atoms with Gasteiger partial charge in [0.25, 0.3) is 0 Å². The number of unbranched alkanes of at least 4 members (excludes halogenated alkanes) is 1. The fourth-order valence-electron chi connectivity index (χ4n) is 0.961. The highest BCUT2D eigenvalue weighted by Gasteiger charge is 2.05. The van der Waals surface area contributed by atoms with Crippen LogP contribution >= 0.6 is 11.6 Å². The highest BCUT2D eigenvalue weighted by Crippen LogP contribution is 2.12. The largest absolute Gasteiger partial charge is 0.251 e. The number of hydrogen-bond donors (Lipinski definition) is 0. The fraction of sp³-hybridized carbons (Fsp3) is 0.714. The van der Waals surface area contributed by atoms with Gasteiger partial charge in [-0.15, -0.1) is 5.10 Å². The summed E-state index contributed by atoms with van der Waals surface area (Å²) in [6.07, 6.45) is 3.28. The third kappa shape index (κ3) is 1.93. The monoisotopic (exact) mass is 173 g/mol. The molecule has 1 aromatic rings. The SMILES string of the molecule is CCCCc1c(Cl)nnn1C. The van der Waals surface area contributed by atoms with E-state index in [1.165, 1.54) is 6.42 Å². The van der Waals surface area contributed by atoms with Crippen LogP contribution < -0.4 is 0 Å². The van der Waals surface area contributed by atoms with Crippen molar-refractivity contribution in [2.75, 3.05) is 0 Å². The maximum Gasteiger partial charge on any atom is 0.174 e. The predicted octanol–water partition coefficient (Wildman–Crippen LogP) is 1.81. The normalized spacial score (nSPS) is 10.5. The molecule has 1 heterocycles. The fourth-order valence-corrected chi connectivity index (χ4v) is 1.21. The summed E-state index contributed by atoms with van der Waals surface area (Å²) in [4.78, 5) is 0. The van der Waals surface area contributed by atoms with Gasteiger partial charge >= 0.3 is 0 Å². The minimum absolute atomic E-state index is 0.543. The average molecular weight is 174 g/mol. The van der Waals surface area contributed by atoms with Crippen LogP contribution in [0.1, 0.15) is 25.5 Å². The van der Waals surface area contributed by atoms with Crippen molar-refractivity contribution >= 4 is 11.6 Å². The quantitative estimate of drug-likeness (QED) is 0.698. The number of aromatic nitrogens is 3. The van der Waals surface area contributed by atoms with E-state index in [0.717, 1.165) is 18.5 Å². The molecular formula is C7H12ClN3. The summed E-state index contributed by atoms with van der Waals surface area (Å²) in [6, 6.07) is 0. The molecule has 0 amide bonds. The summed E-state index contributed by atoms with van der Waals surface area (Å²) < 4.78 is 1.73. The minimum Gasteiger partial charge on any atom is -0.251 e. The van der Waals surface area contributed by atoms with Crippen LogP contribution in [0.15, 0.2) is 0 Å². The number of hydrogen-bond acceptors (Lipinski definition) is 2. The molecule has 0 spiro atoms. The van der Waals surface area contributed by atoms with E-state index in [1.807, 2.05) is 7.05 Å². The van der Waals surface area contributed by atoms with E-state index < -0.39 is 0 Å². The molecule has 4 heteroatoms. The molecule has 0 saturated carbocycles. The van der Waals surface area contributed by atoms with E-state index in [9.17, 15) is 0 Å². The van der Waals surface area contributed by atoms with Crippen molar-refractivity contribution in [2.24, 2.45) is 7.05 Å². The third-order valence-corrected chi connectivity index (χ3v) is 1.96. The Balaban J connectivity index is 2.67. The van der Waals surface area contributed by atoms with Gasteiger partial charge in [-0.05, 0) is 12.8 Å². The molecule has 3 nitrogen and oxygen atoms in total. The number of nitrogens with zero attached hydrogens (tertiary/aromatic N) is 3. The van der Waals surface area contributed by atoms with Crippen molar-refractivity contribution in [3.8, 4) is 0 Å². The molecule has 0 unspecified atom stereocenters. The van der Waals surface area contributed by atoms with Crippen LogP contribution in [0.4, 0.5) is 0 Å². The summed E-state index contributed by atoms with van der Waals surface area (Å²) in [5.74, 6) is 0. The maximum absolute atomic E-state index is 5.79. The zero-order chi connectivity index (χ0) is 8.27. The Morgan fingerprint density at radius 3 is 2.73 bits per heavy atom. The van der Waals surface area contributed by atoms with Gasteiger partial charge in [-0.3, -0.25) is 4.68 Å². The van der Waals surface area contributed by atoms with Crippen LogP contribution in [-0.2, 0) is 13.5 Å². The van der Waals surface area contributed by atoms with Crippen molar-refractivity contribution < 1.29 is 0 Å². The van der Waals surface area contributed by atoms with Crippen LogP contribution in [0.3, 0.4) is 0 Å². The van der Waals surface area contributed by atoms with Gasteiger partial charge < -0.3 is 0 Å². The topological polar surface area (TPSA) is 30.7 Å². The van der Waals surface area contributed by atoms with Crippen molar-refractivity contribution in [3.05, 3.63) is 10.8 Å². The lowest BCUT2D eigenvalue weighted by atomic mass is 10.2. The molecule has 0 aliphatic heterocycles. The van der Waals surface area contributed by atoms with Crippen molar-refractivity contribution in [2.45, 2.75) is 26.2 Å². The molecule has 0 aromatic carbocycles. The molecule has 1 rings (SSSR count). The van der Waals surface area contributed by atoms with Crippen molar-refractivity contribution in [3.63, 3.8) is 0 Å². The van der Waals surface area contributed by atoms with Gasteiger partial charge in [0.05, 0.1) is 5.69 Å². The highest BCUT2D eigenvalue weighted by molar-refractivity contribution is 6.29. The summed E-state index contributed by atoms with van der Waals surface area (Å²) in [7, 11) is 1.86. The Morgan fingerprint density at radius 2 is 2.27 bits per heavy atom. The van der Waals surface area contributed by atoms with Crippen LogP contribution in [0.5, 0.6) is 0 Å². The molecule has 0 aliphatic carbocycles. The average Bonchev–Trinajstić information content (AvgIpc) is 2.29. The first-order valence-corrected chi connectivity index (χ1v) is 4.17. The minimum atomic E-state index is 0.543. The first-order valence-electron chi connectivity index (χ1n) is 3.79. The Morgan fingerprint density at radius 1 is 1.55 bits per heavy atom. The number of rotatable bonds is 3. The summed E-state index contributed by atoms with van der Waals surface area (Å²) >= 11 is 5.79. The van der Waals surface area contributed by atoms with Gasteiger partial charge in [-0.2, -0.15) is 0 Å². The lowest BCUT2D eigenvalue weighted by Gasteiger charge is -1.97. The van der Waals surface area contributed by atoms with E-state index >= 15 is 0 Å². The van der Waals surface area contributed by atoms with Gasteiger partial charge in [-0.25, -0.2) is 0 Å². The van der Waals surface area contributed by atoms with Crippen molar-refractivity contribution in [1.29, 1.82) is 0 Å². The number of aryl methyl sites for hydroxylation is 1. The van der Waals surface area contributed by atoms with Gasteiger partial charge in [0.1, 0.15) is 0 Å². The van der Waals surface area contributed by atoms with Crippen LogP contribution in [-0.4, -0.2) is 15.0 Å². The van der Waals surface area contributed by atoms with E-state index in [4.69, 9.17) is 11.6 Å². The molecule has 0 bridgehead atoms. The van der Waals surface area contributed by atoms with Gasteiger partial charge in [0, 0.05) is 7.05 Å². The van der Waals surface area contributed by atoms with E-state index in [-0.39, 0.29) is 0 Å². The van der Waals surface area contributed by atoms with Crippen molar-refractivity contribution in [1.82, 2.24) is 15.0 Å². The summed E-state index contributed by atoms with van der Waals surface area (Å²) in [5, 5.41) is 8.09. The van der Waals surface area contributed by atoms with E-state index in [0.29, 0.717) is 5.15 Å². The zero-order valence-electron chi connectivity index (χ0n) is 6.84. The Kier molecular flexibility index (Phi) is 2.88. The first kappa shape index (κ1) is 8.53. The standard InChI is InChI=1S/C7H12ClN3/c1-3-4-5-6-7(8)9-10-11(6)2/h3-5H2,1-2H3. The summed E-state index contributed by atoms with van der Waals surface area (Å²) in [5.41, 5.74) is 1.04. The van der Waals surface area contributed by atoms with Gasteiger partial charge in [-0.1, -0.05) is 30.2 Å². The Hall–Kier alpha value is -0.570. The molecule has 0 radical (unpaired) electrons. The smallest absolute Gasteiger partial charge is 0.174 e. The van der Waals surface area contributed by atoms with Crippen LogP contribution in [0.25, 0.3) is 0 Å². The Labute approximate surface area is 71.4 Å². The second-order valence-electron chi connectivity index (χ2n) is 2.55. The third-order valence-electron chi connectivity index (χ3n) is 1.66. The lowest BCUT2D eigenvalue weighted by molar-refractivity contribution is 0.655. The Bertz CT molecular complexity index is 212. The molecule has 0 saturated heterocycles. The van der Waals surface area contributed by atoms with E-state index in [1.54, 1.807) is 4.68 Å². The molecule has 0 fully saturated rings. The van der Waals surface area contributed by atoms with Gasteiger partial charge in [0.2, 0.25) is 0 Å². The number of halogens is 1. The molecule has 0 atom stereocenters. The maximum atomic E-state index is 5.79.